The summed E-state index contributed by atoms with van der Waals surface area (Å²) in [5, 5.41) is 7.66. The quantitative estimate of drug-likeness (QED) is 0.739. The Morgan fingerprint density at radius 1 is 0.960 bits per heavy atom. The summed E-state index contributed by atoms with van der Waals surface area (Å²) in [6.07, 6.45) is 0.198. The molecule has 0 spiro atoms. The first-order chi connectivity index (χ1) is 11.7. The Labute approximate surface area is 147 Å². The normalized spacial score (nSPS) is 11.1. The van der Waals surface area contributed by atoms with Gasteiger partial charge in [0.15, 0.2) is 5.78 Å². The van der Waals surface area contributed by atoms with Crippen LogP contribution in [0.3, 0.4) is 0 Å². The van der Waals surface area contributed by atoms with E-state index in [4.69, 9.17) is 5.14 Å². The van der Waals surface area contributed by atoms with E-state index in [-0.39, 0.29) is 30.3 Å². The predicted molar refractivity (Wildman–Crippen MR) is 96.6 cm³/mol. The summed E-state index contributed by atoms with van der Waals surface area (Å²) >= 11 is 0. The third-order valence-corrected chi connectivity index (χ3v) is 4.29. The number of hydrogen-bond donors (Lipinski definition) is 2. The summed E-state index contributed by atoms with van der Waals surface area (Å²) < 4.78 is 22.0. The van der Waals surface area contributed by atoms with Gasteiger partial charge in [0.05, 0.1) is 5.75 Å². The molecule has 0 aliphatic heterocycles. The lowest BCUT2D eigenvalue weighted by atomic mass is 10.0. The minimum absolute atomic E-state index is 0.0750. The first-order valence-electron chi connectivity index (χ1n) is 7.72. The Morgan fingerprint density at radius 3 is 2.12 bits per heavy atom. The van der Waals surface area contributed by atoms with Crippen LogP contribution in [0.2, 0.25) is 0 Å². The van der Waals surface area contributed by atoms with E-state index in [1.165, 1.54) is 0 Å². The molecule has 0 atom stereocenters. The molecular formula is C18H20N2O4S. The Balaban J connectivity index is 1.85. The summed E-state index contributed by atoms with van der Waals surface area (Å²) in [4.78, 5) is 24.0. The van der Waals surface area contributed by atoms with Crippen LogP contribution in [0, 0.1) is 6.92 Å². The van der Waals surface area contributed by atoms with E-state index in [1.54, 1.807) is 36.4 Å². The van der Waals surface area contributed by atoms with Gasteiger partial charge < -0.3 is 5.32 Å². The summed E-state index contributed by atoms with van der Waals surface area (Å²) in [5.41, 5.74) is 2.73. The molecule has 2 rings (SSSR count). The molecule has 0 fully saturated rings. The largest absolute Gasteiger partial charge is 0.326 e. The molecular weight excluding hydrogens is 340 g/mol. The van der Waals surface area contributed by atoms with Gasteiger partial charge in [0, 0.05) is 24.1 Å². The smallest absolute Gasteiger partial charge is 0.224 e. The number of amides is 1. The number of nitrogens with one attached hydrogen (secondary N) is 1. The van der Waals surface area contributed by atoms with Crippen LogP contribution in [-0.2, 0) is 20.6 Å². The zero-order valence-electron chi connectivity index (χ0n) is 13.9. The topological polar surface area (TPSA) is 106 Å². The maximum atomic E-state index is 12.0. The van der Waals surface area contributed by atoms with Crippen LogP contribution < -0.4 is 10.5 Å². The lowest BCUT2D eigenvalue weighted by molar-refractivity contribution is -0.116. The van der Waals surface area contributed by atoms with Crippen molar-refractivity contribution in [2.75, 3.05) is 5.32 Å². The van der Waals surface area contributed by atoms with Gasteiger partial charge >= 0.3 is 0 Å². The van der Waals surface area contributed by atoms with E-state index in [2.05, 4.69) is 5.32 Å². The fourth-order valence-electron chi connectivity index (χ4n) is 2.25. The zero-order chi connectivity index (χ0) is 18.4. The maximum absolute atomic E-state index is 12.0. The minimum Gasteiger partial charge on any atom is -0.326 e. The number of Topliss-reactive ketones (excluding diaryl/α,β-unsaturated/α-hetero) is 1. The zero-order valence-corrected chi connectivity index (χ0v) is 14.7. The molecule has 0 bridgehead atoms. The summed E-state index contributed by atoms with van der Waals surface area (Å²) in [6.45, 7) is 1.94. The highest BCUT2D eigenvalue weighted by atomic mass is 32.2. The van der Waals surface area contributed by atoms with Crippen LogP contribution in [0.15, 0.2) is 48.5 Å². The summed E-state index contributed by atoms with van der Waals surface area (Å²) in [7, 11) is -3.59. The second-order valence-corrected chi connectivity index (χ2v) is 7.46. The molecule has 3 N–H and O–H groups in total. The van der Waals surface area contributed by atoms with Gasteiger partial charge in [-0.3, -0.25) is 9.59 Å². The molecule has 0 saturated carbocycles. The van der Waals surface area contributed by atoms with Crippen LogP contribution in [0.4, 0.5) is 5.69 Å². The van der Waals surface area contributed by atoms with Gasteiger partial charge in [-0.05, 0) is 24.6 Å². The lowest BCUT2D eigenvalue weighted by Gasteiger charge is -2.06. The molecule has 0 radical (unpaired) electrons. The Morgan fingerprint density at radius 2 is 1.56 bits per heavy atom. The third-order valence-electron chi connectivity index (χ3n) is 3.56. The lowest BCUT2D eigenvalue weighted by Crippen LogP contribution is -2.15. The number of carbonyl (C=O) groups excluding carboxylic acids is 2. The predicted octanol–water partition coefficient (Wildman–Crippen LogP) is 2.39. The number of rotatable bonds is 7. The van der Waals surface area contributed by atoms with Gasteiger partial charge in [-0.15, -0.1) is 0 Å². The van der Waals surface area contributed by atoms with E-state index >= 15 is 0 Å². The standard InChI is InChI=1S/C18H20N2O4S/c1-13-2-6-15(7-3-13)17(21)10-11-18(22)20-16-8-4-14(5-9-16)12-25(19,23)24/h2-9H,10-12H2,1H3,(H,20,22)(H2,19,23,24). The van der Waals surface area contributed by atoms with Crippen molar-refractivity contribution in [1.82, 2.24) is 0 Å². The molecule has 0 aliphatic carbocycles. The molecule has 25 heavy (non-hydrogen) atoms. The average Bonchev–Trinajstić information content (AvgIpc) is 2.54. The van der Waals surface area contributed by atoms with Crippen molar-refractivity contribution in [3.63, 3.8) is 0 Å². The van der Waals surface area contributed by atoms with E-state index in [9.17, 15) is 18.0 Å². The highest BCUT2D eigenvalue weighted by Crippen LogP contribution is 2.13. The van der Waals surface area contributed by atoms with Gasteiger partial charge in [0.2, 0.25) is 15.9 Å². The molecule has 0 unspecified atom stereocenters. The number of sulfonamides is 1. The van der Waals surface area contributed by atoms with Crippen molar-refractivity contribution in [1.29, 1.82) is 0 Å². The van der Waals surface area contributed by atoms with Crippen molar-refractivity contribution in [2.45, 2.75) is 25.5 Å². The van der Waals surface area contributed by atoms with Gasteiger partial charge in [0.25, 0.3) is 0 Å². The van der Waals surface area contributed by atoms with Crippen LogP contribution in [0.1, 0.15) is 34.3 Å². The number of aryl methyl sites for hydroxylation is 1. The molecule has 0 saturated heterocycles. The molecule has 0 aliphatic rings. The number of carbonyl (C=O) groups is 2. The Bertz CT molecular complexity index is 857. The fraction of sp³-hybridized carbons (Fsp3) is 0.222. The highest BCUT2D eigenvalue weighted by Gasteiger charge is 2.10. The third kappa shape index (κ3) is 6.48. The number of anilines is 1. The maximum Gasteiger partial charge on any atom is 0.224 e. The molecule has 1 amide bonds. The summed E-state index contributed by atoms with van der Waals surface area (Å²) in [6, 6.07) is 13.6. The second-order valence-electron chi connectivity index (χ2n) is 5.84. The van der Waals surface area contributed by atoms with Crippen LogP contribution in [0.5, 0.6) is 0 Å². The molecule has 0 heterocycles. The molecule has 132 valence electrons. The van der Waals surface area contributed by atoms with Gasteiger partial charge in [-0.25, -0.2) is 13.6 Å². The van der Waals surface area contributed by atoms with E-state index < -0.39 is 10.0 Å². The fourth-order valence-corrected chi connectivity index (χ4v) is 2.91. The van der Waals surface area contributed by atoms with E-state index in [0.717, 1.165) is 5.56 Å². The number of primary sulfonamides is 1. The molecule has 0 aromatic heterocycles. The van der Waals surface area contributed by atoms with E-state index in [0.29, 0.717) is 16.8 Å². The Kier molecular flexibility index (Phi) is 6.06. The first-order valence-corrected chi connectivity index (χ1v) is 9.43. The van der Waals surface area contributed by atoms with Crippen molar-refractivity contribution in [2.24, 2.45) is 5.14 Å². The van der Waals surface area contributed by atoms with Gasteiger partial charge in [0.1, 0.15) is 0 Å². The monoisotopic (exact) mass is 360 g/mol. The SMILES string of the molecule is Cc1ccc(C(=O)CCC(=O)Nc2ccc(CS(N)(=O)=O)cc2)cc1. The Hall–Kier alpha value is -2.51. The van der Waals surface area contributed by atoms with Crippen LogP contribution in [0.25, 0.3) is 0 Å². The minimum atomic E-state index is -3.59. The molecule has 2 aromatic rings. The average molecular weight is 360 g/mol. The first kappa shape index (κ1) is 18.8. The number of benzene rings is 2. The van der Waals surface area contributed by atoms with Crippen LogP contribution >= 0.6 is 0 Å². The second kappa shape index (κ2) is 8.04. The van der Waals surface area contributed by atoms with Gasteiger partial charge in [-0.1, -0.05) is 42.0 Å². The van der Waals surface area contributed by atoms with Crippen LogP contribution in [-0.4, -0.2) is 20.1 Å². The van der Waals surface area contributed by atoms with Gasteiger partial charge in [-0.2, -0.15) is 0 Å². The highest BCUT2D eigenvalue weighted by molar-refractivity contribution is 7.88. The van der Waals surface area contributed by atoms with Crippen molar-refractivity contribution >= 4 is 27.4 Å². The van der Waals surface area contributed by atoms with E-state index in [1.807, 2.05) is 19.1 Å². The molecule has 6 nitrogen and oxygen atoms in total. The van der Waals surface area contributed by atoms with Crippen molar-refractivity contribution < 1.29 is 18.0 Å². The van der Waals surface area contributed by atoms with Crippen molar-refractivity contribution in [3.05, 3.63) is 65.2 Å². The summed E-state index contributed by atoms with van der Waals surface area (Å²) in [5.74, 6) is -0.620. The number of hydrogen-bond acceptors (Lipinski definition) is 4. The number of ketones is 1. The molecule has 7 heteroatoms. The van der Waals surface area contributed by atoms with Crippen molar-refractivity contribution in [3.8, 4) is 0 Å². The molecule has 2 aromatic carbocycles. The number of nitrogens with two attached hydrogens (primary N) is 1.